The van der Waals surface area contributed by atoms with Crippen molar-refractivity contribution in [1.29, 1.82) is 0 Å². The minimum Gasteiger partial charge on any atom is -0.508 e. The second-order valence-electron chi connectivity index (χ2n) is 11.0. The van der Waals surface area contributed by atoms with Gasteiger partial charge in [0.15, 0.2) is 11.4 Å². The Bertz CT molecular complexity index is 1380. The van der Waals surface area contributed by atoms with Crippen molar-refractivity contribution in [1.82, 2.24) is 4.90 Å². The average Bonchev–Trinajstić information content (AvgIpc) is 2.85. The van der Waals surface area contributed by atoms with Crippen LogP contribution in [-0.2, 0) is 25.5 Å². The molecule has 4 rings (SSSR count). The Labute approximate surface area is 231 Å². The van der Waals surface area contributed by atoms with E-state index in [4.69, 9.17) is 10.5 Å². The van der Waals surface area contributed by atoms with Crippen molar-refractivity contribution >= 4 is 34.9 Å². The van der Waals surface area contributed by atoms with Crippen molar-refractivity contribution in [3.63, 3.8) is 0 Å². The van der Waals surface area contributed by atoms with Gasteiger partial charge in [-0.1, -0.05) is 13.3 Å². The van der Waals surface area contributed by atoms with E-state index in [1.807, 2.05) is 6.92 Å². The first-order valence-electron chi connectivity index (χ1n) is 13.1. The molecule has 0 saturated heterocycles. The molecule has 0 aromatic heterocycles. The Kier molecular flexibility index (Phi) is 7.46. The van der Waals surface area contributed by atoms with Crippen molar-refractivity contribution in [3.05, 3.63) is 39.7 Å². The van der Waals surface area contributed by atoms with Crippen LogP contribution in [0.15, 0.2) is 23.0 Å². The highest BCUT2D eigenvalue weighted by molar-refractivity contribution is 6.24. The van der Waals surface area contributed by atoms with Gasteiger partial charge in [-0.25, -0.2) is 4.79 Å². The van der Waals surface area contributed by atoms with Crippen molar-refractivity contribution in [3.8, 4) is 5.75 Å². The number of fused-ring (bicyclic) bond motifs is 3. The fourth-order valence-electron chi connectivity index (χ4n) is 6.23. The number of nitrogens with zero attached hydrogens (tertiary/aromatic N) is 2. The van der Waals surface area contributed by atoms with Gasteiger partial charge in [0.05, 0.1) is 18.2 Å². The van der Waals surface area contributed by atoms with Gasteiger partial charge in [-0.05, 0) is 50.9 Å². The standard InChI is InChI=1S/C28H35N3O9/c1-6-7-8-40-27(38)14-11-16(30(2)3)13-9-12-10-15-20(31(4)5)23(34)19(26(29)37)25(36)28(15,39)24(35)17(12)22(33)18(13)21(14)32/h11-12,15,20,32-33,36,39H,6-10H2,1-5H3,(H2,29,37)/t12-,15-,20?,28?/m0/s1. The van der Waals surface area contributed by atoms with E-state index in [2.05, 4.69) is 0 Å². The van der Waals surface area contributed by atoms with Gasteiger partial charge in [0.2, 0.25) is 5.78 Å². The molecule has 0 bridgehead atoms. The molecule has 2 unspecified atom stereocenters. The van der Waals surface area contributed by atoms with Crippen molar-refractivity contribution in [2.24, 2.45) is 17.6 Å². The third-order valence-corrected chi connectivity index (χ3v) is 8.13. The number of likely N-dealkylation sites (N-methyl/N-ethyl adjacent to an activating group) is 1. The maximum absolute atomic E-state index is 14.0. The Balaban J connectivity index is 1.95. The van der Waals surface area contributed by atoms with Crippen LogP contribution in [0, 0.1) is 11.8 Å². The molecule has 0 radical (unpaired) electrons. The largest absolute Gasteiger partial charge is 0.508 e. The molecule has 40 heavy (non-hydrogen) atoms. The van der Waals surface area contributed by atoms with E-state index < -0.39 is 69.8 Å². The number of hydrogen-bond acceptors (Lipinski definition) is 11. The van der Waals surface area contributed by atoms with E-state index in [0.29, 0.717) is 17.7 Å². The molecule has 1 saturated carbocycles. The number of aromatic hydroxyl groups is 1. The number of ether oxygens (including phenoxy) is 1. The smallest absolute Gasteiger partial charge is 0.342 e. The number of primary amides is 1. The summed E-state index contributed by atoms with van der Waals surface area (Å²) in [7, 11) is 6.51. The molecule has 0 heterocycles. The van der Waals surface area contributed by atoms with E-state index >= 15 is 0 Å². The minimum absolute atomic E-state index is 0.0276. The number of carbonyl (C=O) groups excluding carboxylic acids is 4. The van der Waals surface area contributed by atoms with Crippen molar-refractivity contribution < 1.29 is 44.3 Å². The zero-order chi connectivity index (χ0) is 29.8. The van der Waals surface area contributed by atoms with Crippen LogP contribution in [0.5, 0.6) is 5.75 Å². The van der Waals surface area contributed by atoms with Gasteiger partial charge in [0.1, 0.15) is 28.4 Å². The molecule has 12 nitrogen and oxygen atoms in total. The first-order valence-corrected chi connectivity index (χ1v) is 13.1. The van der Waals surface area contributed by atoms with Crippen LogP contribution in [0.25, 0.3) is 5.76 Å². The molecule has 12 heteroatoms. The quantitative estimate of drug-likeness (QED) is 0.182. The second kappa shape index (κ2) is 10.3. The molecule has 3 aliphatic rings. The number of unbranched alkanes of at least 4 members (excludes halogenated alkanes) is 1. The molecule has 1 fully saturated rings. The zero-order valence-corrected chi connectivity index (χ0v) is 23.1. The molecule has 6 N–H and O–H groups in total. The zero-order valence-electron chi connectivity index (χ0n) is 23.1. The van der Waals surface area contributed by atoms with Crippen molar-refractivity contribution in [2.45, 2.75) is 44.2 Å². The number of carbonyl (C=O) groups is 4. The third kappa shape index (κ3) is 4.13. The summed E-state index contributed by atoms with van der Waals surface area (Å²) in [5, 5.41) is 45.3. The Morgan fingerprint density at radius 2 is 1.80 bits per heavy atom. The second-order valence-corrected chi connectivity index (χ2v) is 11.0. The van der Waals surface area contributed by atoms with Crippen LogP contribution in [0.1, 0.15) is 47.7 Å². The maximum Gasteiger partial charge on any atom is 0.342 e. The number of nitrogens with two attached hydrogens (primary N) is 1. The molecule has 216 valence electrons. The average molecular weight is 558 g/mol. The van der Waals surface area contributed by atoms with Gasteiger partial charge in [0.25, 0.3) is 5.91 Å². The number of rotatable bonds is 7. The predicted molar refractivity (Wildman–Crippen MR) is 144 cm³/mol. The van der Waals surface area contributed by atoms with Gasteiger partial charge in [-0.2, -0.15) is 0 Å². The monoisotopic (exact) mass is 557 g/mol. The van der Waals surface area contributed by atoms with Crippen molar-refractivity contribution in [2.75, 3.05) is 39.7 Å². The lowest BCUT2D eigenvalue weighted by atomic mass is 9.57. The maximum atomic E-state index is 14.0. The van der Waals surface area contributed by atoms with E-state index in [1.165, 1.54) is 25.1 Å². The number of ketones is 2. The summed E-state index contributed by atoms with van der Waals surface area (Å²) in [5.74, 6) is -8.35. The number of aliphatic hydroxyl groups excluding tert-OH is 2. The molecule has 1 aromatic rings. The number of esters is 1. The summed E-state index contributed by atoms with van der Waals surface area (Å²) in [5.41, 5.74) is 2.03. The first kappa shape index (κ1) is 29.1. The summed E-state index contributed by atoms with van der Waals surface area (Å²) >= 11 is 0. The molecule has 0 aliphatic heterocycles. The SMILES string of the molecule is CCCCOC(=O)c1cc(N(C)C)c2c(c1O)C(O)=C1C(=O)C3(O)C(O)=C(C(N)=O)C(=O)C(N(C)C)[C@@H]3C[C@@H]1C2. The fraction of sp³-hybridized carbons (Fsp3) is 0.500. The van der Waals surface area contributed by atoms with E-state index in [9.17, 15) is 39.6 Å². The lowest BCUT2D eigenvalue weighted by Crippen LogP contribution is -2.65. The van der Waals surface area contributed by atoms with Crippen LogP contribution >= 0.6 is 0 Å². The van der Waals surface area contributed by atoms with Crippen LogP contribution in [0.4, 0.5) is 5.69 Å². The highest BCUT2D eigenvalue weighted by Crippen LogP contribution is 2.54. The number of Topliss-reactive ketones (excluding diaryl/α,β-unsaturated/α-hetero) is 2. The molecule has 4 atom stereocenters. The van der Waals surface area contributed by atoms with Gasteiger partial charge < -0.3 is 35.8 Å². The number of phenolic OH excluding ortho intramolecular Hbond substituents is 1. The summed E-state index contributed by atoms with van der Waals surface area (Å²) in [4.78, 5) is 55.3. The molecule has 1 aromatic carbocycles. The lowest BCUT2D eigenvalue weighted by molar-refractivity contribution is -0.153. The van der Waals surface area contributed by atoms with Crippen LogP contribution in [-0.4, -0.2) is 95.2 Å². The highest BCUT2D eigenvalue weighted by Gasteiger charge is 2.64. The molecular weight excluding hydrogens is 522 g/mol. The summed E-state index contributed by atoms with van der Waals surface area (Å²) in [6, 6.07) is 0.293. The summed E-state index contributed by atoms with van der Waals surface area (Å²) in [6.45, 7) is 2.06. The predicted octanol–water partition coefficient (Wildman–Crippen LogP) is 0.987. The topological polar surface area (TPSA) is 191 Å². The number of aliphatic hydroxyl groups is 3. The Hall–Kier alpha value is -3.90. The molecular formula is C28H35N3O9. The van der Waals surface area contributed by atoms with Gasteiger partial charge in [-0.15, -0.1) is 0 Å². The van der Waals surface area contributed by atoms with Crippen LogP contribution < -0.4 is 10.6 Å². The van der Waals surface area contributed by atoms with E-state index in [1.54, 1.807) is 19.0 Å². The Morgan fingerprint density at radius 1 is 1.15 bits per heavy atom. The Morgan fingerprint density at radius 3 is 2.35 bits per heavy atom. The highest BCUT2D eigenvalue weighted by atomic mass is 16.5. The lowest BCUT2D eigenvalue weighted by Gasteiger charge is -2.50. The number of benzene rings is 1. The number of amides is 1. The van der Waals surface area contributed by atoms with E-state index in [0.717, 1.165) is 6.42 Å². The number of hydrogen-bond donors (Lipinski definition) is 5. The third-order valence-electron chi connectivity index (χ3n) is 8.13. The molecule has 3 aliphatic carbocycles. The minimum atomic E-state index is -2.73. The van der Waals surface area contributed by atoms with Crippen LogP contribution in [0.3, 0.4) is 0 Å². The van der Waals surface area contributed by atoms with Gasteiger partial charge in [-0.3, -0.25) is 19.3 Å². The summed E-state index contributed by atoms with van der Waals surface area (Å²) in [6.07, 6.45) is 1.48. The number of phenols is 1. The number of anilines is 1. The normalized spacial score (nSPS) is 25.9. The van der Waals surface area contributed by atoms with Gasteiger partial charge in [0, 0.05) is 31.3 Å². The van der Waals surface area contributed by atoms with E-state index in [-0.39, 0.29) is 36.1 Å². The fourth-order valence-corrected chi connectivity index (χ4v) is 6.23. The summed E-state index contributed by atoms with van der Waals surface area (Å²) < 4.78 is 5.28. The molecule has 0 spiro atoms. The van der Waals surface area contributed by atoms with Gasteiger partial charge >= 0.3 is 5.97 Å². The van der Waals surface area contributed by atoms with Crippen LogP contribution in [0.2, 0.25) is 0 Å². The first-order chi connectivity index (χ1) is 18.7. The molecule has 1 amide bonds.